The van der Waals surface area contributed by atoms with Crippen molar-refractivity contribution in [1.29, 1.82) is 0 Å². The van der Waals surface area contributed by atoms with Crippen LogP contribution in [-0.2, 0) is 7.05 Å². The maximum absolute atomic E-state index is 14.7. The van der Waals surface area contributed by atoms with E-state index in [4.69, 9.17) is 4.74 Å². The first-order valence-corrected chi connectivity index (χ1v) is 12.7. The number of urea groups is 1. The summed E-state index contributed by atoms with van der Waals surface area (Å²) in [5, 5.41) is 14.2. The number of halogens is 1. The summed E-state index contributed by atoms with van der Waals surface area (Å²) in [4.78, 5) is 25.8. The normalized spacial score (nSPS) is 11.2. The number of aryl methyl sites for hydroxylation is 1. The fraction of sp³-hybridized carbons (Fsp3) is 0.143. The van der Waals surface area contributed by atoms with Gasteiger partial charge >= 0.3 is 12.0 Å². The number of hydrogen-bond acceptors (Lipinski definition) is 7. The summed E-state index contributed by atoms with van der Waals surface area (Å²) in [6, 6.07) is 10.6. The number of anilines is 2. The second-order valence-corrected chi connectivity index (χ2v) is 9.55. The molecule has 0 radical (unpaired) electrons. The van der Waals surface area contributed by atoms with Crippen LogP contribution < -0.4 is 15.4 Å². The van der Waals surface area contributed by atoms with Crippen LogP contribution in [0.2, 0.25) is 0 Å². The average molecular weight is 553 g/mol. The van der Waals surface area contributed by atoms with Gasteiger partial charge < -0.3 is 14.5 Å². The minimum atomic E-state index is -0.656. The van der Waals surface area contributed by atoms with E-state index in [1.165, 1.54) is 18.2 Å². The van der Waals surface area contributed by atoms with Crippen LogP contribution in [0.5, 0.6) is 11.8 Å². The third-order valence-electron chi connectivity index (χ3n) is 6.21. The molecule has 0 aliphatic carbocycles. The van der Waals surface area contributed by atoms with Crippen molar-refractivity contribution in [3.05, 3.63) is 91.2 Å². The molecule has 0 unspecified atom stereocenters. The molecule has 0 bridgehead atoms. The fourth-order valence-corrected chi connectivity index (χ4v) is 4.14. The Morgan fingerprint density at radius 1 is 1.02 bits per heavy atom. The van der Waals surface area contributed by atoms with E-state index in [1.807, 2.05) is 56.0 Å². The van der Waals surface area contributed by atoms with E-state index in [1.54, 1.807) is 40.1 Å². The van der Waals surface area contributed by atoms with Crippen LogP contribution in [0.3, 0.4) is 0 Å². The Hall–Kier alpha value is -5.59. The van der Waals surface area contributed by atoms with Gasteiger partial charge in [0.05, 0.1) is 29.0 Å². The zero-order valence-electron chi connectivity index (χ0n) is 22.4. The van der Waals surface area contributed by atoms with Gasteiger partial charge in [-0.25, -0.2) is 23.8 Å². The van der Waals surface area contributed by atoms with Gasteiger partial charge in [0.2, 0.25) is 0 Å². The largest absolute Gasteiger partial charge is 0.424 e. The molecule has 0 fully saturated rings. The molecule has 0 aliphatic rings. The van der Waals surface area contributed by atoms with Crippen LogP contribution in [0.1, 0.15) is 25.5 Å². The summed E-state index contributed by atoms with van der Waals surface area (Å²) in [6.45, 7) is 4.01. The summed E-state index contributed by atoms with van der Waals surface area (Å²) in [6.07, 6.45) is 10.4. The van der Waals surface area contributed by atoms with Gasteiger partial charge in [-0.05, 0) is 36.2 Å². The predicted octanol–water partition coefficient (Wildman–Crippen LogP) is 5.41. The Balaban J connectivity index is 1.21. The van der Waals surface area contributed by atoms with E-state index in [9.17, 15) is 9.18 Å². The lowest BCUT2D eigenvalue weighted by Gasteiger charge is -2.12. The van der Waals surface area contributed by atoms with E-state index in [2.05, 4.69) is 35.8 Å². The molecular weight excluding hydrogens is 527 g/mol. The molecule has 12 nitrogen and oxygen atoms in total. The Bertz CT molecular complexity index is 1870. The smallest absolute Gasteiger partial charge is 0.324 e. The lowest BCUT2D eigenvalue weighted by molar-refractivity contribution is 0.262. The summed E-state index contributed by atoms with van der Waals surface area (Å²) in [5.41, 5.74) is 3.60. The highest BCUT2D eigenvalue weighted by atomic mass is 19.1. The van der Waals surface area contributed by atoms with Crippen molar-refractivity contribution in [2.24, 2.45) is 7.05 Å². The van der Waals surface area contributed by atoms with Gasteiger partial charge in [-0.2, -0.15) is 15.2 Å². The SMILES string of the molecule is CC(C)c1cc(NC(=O)Nc2cc(Oc3nccc(-c4cnn(C)c4)n3)ccc2F)n(-c2ccc3nccn3c2)n1. The zero-order valence-corrected chi connectivity index (χ0v) is 22.4. The molecule has 13 heteroatoms. The monoisotopic (exact) mass is 552 g/mol. The van der Waals surface area contributed by atoms with Crippen molar-refractivity contribution in [2.45, 2.75) is 19.8 Å². The number of carbonyl (C=O) groups excluding carboxylic acids is 1. The minimum absolute atomic E-state index is 0.0633. The number of aromatic nitrogens is 8. The third-order valence-corrected chi connectivity index (χ3v) is 6.21. The second kappa shape index (κ2) is 10.5. The van der Waals surface area contributed by atoms with E-state index in [-0.39, 0.29) is 23.4 Å². The van der Waals surface area contributed by atoms with Crippen LogP contribution in [0.15, 0.2) is 79.6 Å². The van der Waals surface area contributed by atoms with Crippen molar-refractivity contribution in [1.82, 2.24) is 38.9 Å². The maximum atomic E-state index is 14.7. The number of hydrogen-bond donors (Lipinski definition) is 2. The van der Waals surface area contributed by atoms with Crippen molar-refractivity contribution in [3.8, 4) is 28.7 Å². The van der Waals surface area contributed by atoms with Gasteiger partial charge in [0.15, 0.2) is 0 Å². The second-order valence-electron chi connectivity index (χ2n) is 9.55. The highest BCUT2D eigenvalue weighted by Gasteiger charge is 2.17. The highest BCUT2D eigenvalue weighted by Crippen LogP contribution is 2.27. The molecule has 1 aromatic carbocycles. The van der Waals surface area contributed by atoms with Crippen molar-refractivity contribution in [2.75, 3.05) is 10.6 Å². The third kappa shape index (κ3) is 5.45. The first-order chi connectivity index (χ1) is 19.8. The lowest BCUT2D eigenvalue weighted by Crippen LogP contribution is -2.22. The number of nitrogens with one attached hydrogen (secondary N) is 2. The van der Waals surface area contributed by atoms with Crippen LogP contribution in [0.25, 0.3) is 22.6 Å². The standard InChI is InChI=1S/C28H25FN10O2/c1-17(2)23-13-26(39(36-23)19-4-7-25-30-10-11-38(25)16-19)35-27(40)33-24-12-20(5-6-21(24)29)41-28-31-9-8-22(34-28)18-14-32-37(3)15-18/h4-17H,1-3H3,(H2,33,35,40). The van der Waals surface area contributed by atoms with E-state index in [0.717, 1.165) is 16.9 Å². The van der Waals surface area contributed by atoms with Crippen molar-refractivity contribution >= 4 is 23.2 Å². The summed E-state index contributed by atoms with van der Waals surface area (Å²) in [7, 11) is 1.81. The number of pyridine rings is 1. The van der Waals surface area contributed by atoms with Gasteiger partial charge in [-0.15, -0.1) is 0 Å². The van der Waals surface area contributed by atoms with Gasteiger partial charge in [0.1, 0.15) is 23.0 Å². The van der Waals surface area contributed by atoms with Crippen LogP contribution >= 0.6 is 0 Å². The number of ether oxygens (including phenoxy) is 1. The highest BCUT2D eigenvalue weighted by molar-refractivity contribution is 5.99. The molecule has 2 amide bonds. The molecule has 6 rings (SSSR count). The van der Waals surface area contributed by atoms with Crippen molar-refractivity contribution < 1.29 is 13.9 Å². The number of amides is 2. The Kier molecular flexibility index (Phi) is 6.59. The molecule has 5 aromatic heterocycles. The number of imidazole rings is 1. The average Bonchev–Trinajstić information content (AvgIpc) is 3.70. The lowest BCUT2D eigenvalue weighted by atomic mass is 10.1. The van der Waals surface area contributed by atoms with E-state index in [0.29, 0.717) is 17.2 Å². The quantitative estimate of drug-likeness (QED) is 0.271. The van der Waals surface area contributed by atoms with Gasteiger partial charge in [0, 0.05) is 55.7 Å². The minimum Gasteiger partial charge on any atom is -0.424 e. The summed E-state index contributed by atoms with van der Waals surface area (Å²) in [5.74, 6) is 0.131. The number of rotatable bonds is 7. The fourth-order valence-electron chi connectivity index (χ4n) is 4.14. The van der Waals surface area contributed by atoms with Gasteiger partial charge in [0.25, 0.3) is 0 Å². The molecule has 206 valence electrons. The van der Waals surface area contributed by atoms with Gasteiger partial charge in [-0.1, -0.05) is 13.8 Å². The predicted molar refractivity (Wildman–Crippen MR) is 150 cm³/mol. The number of fused-ring (bicyclic) bond motifs is 1. The molecule has 41 heavy (non-hydrogen) atoms. The Morgan fingerprint density at radius 3 is 2.71 bits per heavy atom. The summed E-state index contributed by atoms with van der Waals surface area (Å²) < 4.78 is 25.6. The van der Waals surface area contributed by atoms with Crippen molar-refractivity contribution in [3.63, 3.8) is 0 Å². The van der Waals surface area contributed by atoms with Gasteiger partial charge in [-0.3, -0.25) is 10.00 Å². The van der Waals surface area contributed by atoms with E-state index >= 15 is 0 Å². The Labute approximate surface area is 233 Å². The molecule has 0 atom stereocenters. The maximum Gasteiger partial charge on any atom is 0.324 e. The molecule has 0 spiro atoms. The van der Waals surface area contributed by atoms with Crippen LogP contribution in [0, 0.1) is 5.82 Å². The topological polar surface area (TPSA) is 129 Å². The molecular formula is C28H25FN10O2. The summed E-state index contributed by atoms with van der Waals surface area (Å²) >= 11 is 0. The van der Waals surface area contributed by atoms with E-state index < -0.39 is 11.8 Å². The molecule has 0 saturated carbocycles. The molecule has 5 heterocycles. The first-order valence-electron chi connectivity index (χ1n) is 12.7. The Morgan fingerprint density at radius 2 is 1.90 bits per heavy atom. The zero-order chi connectivity index (χ0) is 28.5. The molecule has 2 N–H and O–H groups in total. The van der Waals surface area contributed by atoms with Crippen LogP contribution in [-0.4, -0.2) is 44.9 Å². The molecule has 0 aliphatic heterocycles. The number of nitrogens with zero attached hydrogens (tertiary/aromatic N) is 8. The first kappa shape index (κ1) is 25.7. The molecule has 6 aromatic rings. The van der Waals surface area contributed by atoms with Crippen LogP contribution in [0.4, 0.5) is 20.7 Å². The molecule has 0 saturated heterocycles. The number of benzene rings is 1. The number of carbonyl (C=O) groups is 1.